The molecule has 0 radical (unpaired) electrons. The Labute approximate surface area is 292 Å². The number of para-hydroxylation sites is 1. The Kier molecular flexibility index (Phi) is 13.1. The van der Waals surface area contributed by atoms with Crippen molar-refractivity contribution in [3.05, 3.63) is 132 Å². The fraction of sp³-hybridized carbons (Fsp3) is 0.231. The van der Waals surface area contributed by atoms with Crippen molar-refractivity contribution in [2.45, 2.75) is 57.8 Å². The fourth-order valence-corrected chi connectivity index (χ4v) is 5.74. The minimum absolute atomic E-state index is 0.0939. The van der Waals surface area contributed by atoms with Crippen molar-refractivity contribution >= 4 is 17.6 Å². The molecule has 268 valence electrons. The summed E-state index contributed by atoms with van der Waals surface area (Å²) in [6, 6.07) is 25.6. The van der Waals surface area contributed by atoms with Gasteiger partial charge in [0, 0.05) is 35.6 Å². The van der Waals surface area contributed by atoms with Gasteiger partial charge in [-0.3, -0.25) is 9.59 Å². The topological polar surface area (TPSA) is 132 Å². The van der Waals surface area contributed by atoms with Crippen molar-refractivity contribution in [3.63, 3.8) is 0 Å². The number of nitrogens with one attached hydrogen (secondary N) is 1. The van der Waals surface area contributed by atoms with Crippen molar-refractivity contribution in [3.8, 4) is 28.1 Å². The van der Waals surface area contributed by atoms with Crippen LogP contribution in [-0.4, -0.2) is 49.1 Å². The van der Waals surface area contributed by atoms with E-state index in [-0.39, 0.29) is 37.0 Å². The molecule has 0 saturated heterocycles. The summed E-state index contributed by atoms with van der Waals surface area (Å²) in [4.78, 5) is 25.0. The number of aromatic hydroxyl groups is 1. The molecule has 0 aliphatic rings. The Morgan fingerprint density at radius 3 is 1.88 bits per heavy atom. The van der Waals surface area contributed by atoms with E-state index in [9.17, 15) is 37.4 Å². The van der Waals surface area contributed by atoms with Crippen LogP contribution in [0.3, 0.4) is 0 Å². The van der Waals surface area contributed by atoms with E-state index in [0.717, 1.165) is 11.3 Å². The molecule has 5 N–H and O–H groups in total. The van der Waals surface area contributed by atoms with Gasteiger partial charge >= 0.3 is 5.97 Å². The number of hydrogen-bond donors (Lipinski definition) is 5. The van der Waals surface area contributed by atoms with Gasteiger partial charge < -0.3 is 30.3 Å². The highest BCUT2D eigenvalue weighted by Gasteiger charge is 2.31. The third-order valence-electron chi connectivity index (χ3n) is 7.91. The molecule has 0 unspecified atom stereocenters. The van der Waals surface area contributed by atoms with Gasteiger partial charge in [0.05, 0.1) is 29.9 Å². The number of aliphatic hydroxyl groups is 2. The van der Waals surface area contributed by atoms with Crippen molar-refractivity contribution in [1.82, 2.24) is 4.57 Å². The largest absolute Gasteiger partial charge is 0.503 e. The number of amides is 1. The van der Waals surface area contributed by atoms with Crippen LogP contribution in [0.4, 0.5) is 23.2 Å². The molecule has 8 nitrogen and oxygen atoms in total. The number of anilines is 1. The van der Waals surface area contributed by atoms with Crippen LogP contribution >= 0.6 is 0 Å². The molecule has 0 fully saturated rings. The number of halogens is 4. The van der Waals surface area contributed by atoms with Gasteiger partial charge in [-0.15, -0.1) is 0 Å². The number of aliphatic carboxylic acids is 1. The van der Waals surface area contributed by atoms with E-state index < -0.39 is 47.8 Å². The summed E-state index contributed by atoms with van der Waals surface area (Å²) >= 11 is 0. The van der Waals surface area contributed by atoms with Gasteiger partial charge in [0.1, 0.15) is 11.6 Å². The number of hydrogen-bond acceptors (Lipinski definition) is 5. The van der Waals surface area contributed by atoms with E-state index in [1.165, 1.54) is 12.1 Å². The number of rotatable bonds is 12. The third kappa shape index (κ3) is 10.1. The van der Waals surface area contributed by atoms with Crippen LogP contribution in [0.2, 0.25) is 0 Å². The fourth-order valence-electron chi connectivity index (χ4n) is 5.74. The summed E-state index contributed by atoms with van der Waals surface area (Å²) < 4.78 is 52.2. The van der Waals surface area contributed by atoms with Crippen LogP contribution < -0.4 is 5.32 Å². The van der Waals surface area contributed by atoms with Crippen molar-refractivity contribution in [2.75, 3.05) is 5.32 Å². The maximum Gasteiger partial charge on any atom is 0.305 e. The van der Waals surface area contributed by atoms with Gasteiger partial charge in [-0.1, -0.05) is 62.4 Å². The summed E-state index contributed by atoms with van der Waals surface area (Å²) in [7, 11) is 0. The van der Waals surface area contributed by atoms with Crippen LogP contribution in [-0.2, 0) is 11.3 Å². The van der Waals surface area contributed by atoms with E-state index in [1.54, 1.807) is 12.1 Å². The number of phenolic OH excluding ortho intramolecular Hbond substituents is 1. The Bertz CT molecular complexity index is 1910. The zero-order valence-electron chi connectivity index (χ0n) is 27.9. The molecule has 0 aliphatic carbocycles. The van der Waals surface area contributed by atoms with E-state index in [2.05, 4.69) is 5.32 Å². The van der Waals surface area contributed by atoms with Gasteiger partial charge in [-0.25, -0.2) is 17.6 Å². The molecule has 5 aromatic rings. The smallest absolute Gasteiger partial charge is 0.305 e. The Balaban J connectivity index is 0.000000502. The van der Waals surface area contributed by atoms with Gasteiger partial charge in [-0.2, -0.15) is 0 Å². The normalized spacial score (nSPS) is 12.2. The van der Waals surface area contributed by atoms with Crippen LogP contribution in [0.15, 0.2) is 97.1 Å². The Morgan fingerprint density at radius 2 is 1.33 bits per heavy atom. The predicted octanol–water partition coefficient (Wildman–Crippen LogP) is 8.12. The highest BCUT2D eigenvalue weighted by Crippen LogP contribution is 2.42. The number of carboxylic acid groups (broad SMARTS) is 1. The number of aromatic nitrogens is 1. The first-order chi connectivity index (χ1) is 24.3. The predicted molar refractivity (Wildman–Crippen MR) is 185 cm³/mol. The maximum atomic E-state index is 14.0. The summed E-state index contributed by atoms with van der Waals surface area (Å²) in [6.07, 6.45) is -2.51. The molecule has 1 heterocycles. The van der Waals surface area contributed by atoms with Crippen molar-refractivity contribution in [2.24, 2.45) is 0 Å². The van der Waals surface area contributed by atoms with Crippen LogP contribution in [0, 0.1) is 23.3 Å². The summed E-state index contributed by atoms with van der Waals surface area (Å²) in [5, 5.41) is 41.2. The molecule has 1 amide bonds. The molecular formula is C39H38F4N2O6. The highest BCUT2D eigenvalue weighted by molar-refractivity contribution is 6.12. The lowest BCUT2D eigenvalue weighted by Gasteiger charge is -2.20. The Hall–Kier alpha value is -5.46. The van der Waals surface area contributed by atoms with E-state index in [4.69, 9.17) is 10.2 Å². The van der Waals surface area contributed by atoms with E-state index >= 15 is 0 Å². The molecule has 1 aromatic heterocycles. The number of carbonyl (C=O) groups is 2. The minimum atomic E-state index is -1.29. The lowest BCUT2D eigenvalue weighted by atomic mass is 9.94. The van der Waals surface area contributed by atoms with Crippen LogP contribution in [0.5, 0.6) is 5.75 Å². The molecule has 5 rings (SSSR count). The first-order valence-corrected chi connectivity index (χ1v) is 16.1. The molecule has 0 spiro atoms. The standard InChI is InChI=1S/C33H35FN2O5.C6H3F3O/c1-21(2)31-30(33(41)35-25-11-7-4-8-12-25)29(22-9-5-3-6-10-22)32(23-13-15-24(34)16-14-23)36(31)18-17-26(37)19-27(38)20-28(39)40;7-3-1-4(8)6(10)5(9)2-3/h3-16,21,26-27,37-38H,17-20H2,1-2H3,(H,35,41)(H,39,40);1-2,10H/t26-,27-;/m1./s1. The molecule has 51 heavy (non-hydrogen) atoms. The lowest BCUT2D eigenvalue weighted by Crippen LogP contribution is -2.22. The van der Waals surface area contributed by atoms with Gasteiger partial charge in [0.2, 0.25) is 0 Å². The van der Waals surface area contributed by atoms with Crippen LogP contribution in [0.25, 0.3) is 22.4 Å². The van der Waals surface area contributed by atoms with Gasteiger partial charge in [-0.05, 0) is 66.3 Å². The molecule has 4 aromatic carbocycles. The SMILES string of the molecule is CC(C)c1c(C(=O)Nc2ccccc2)c(-c2ccccc2)c(-c2ccc(F)cc2)n1CC[C@@H](O)C[C@@H](O)CC(=O)O.Oc1c(F)cc(F)cc1F. The second kappa shape index (κ2) is 17.5. The highest BCUT2D eigenvalue weighted by atomic mass is 19.1. The Morgan fingerprint density at radius 1 is 0.765 bits per heavy atom. The average Bonchev–Trinajstić information content (AvgIpc) is 3.43. The number of benzene rings is 4. The minimum Gasteiger partial charge on any atom is -0.503 e. The molecular weight excluding hydrogens is 668 g/mol. The van der Waals surface area contributed by atoms with E-state index in [1.807, 2.05) is 79.1 Å². The van der Waals surface area contributed by atoms with Crippen molar-refractivity contribution in [1.29, 1.82) is 0 Å². The molecule has 0 aliphatic heterocycles. The number of carbonyl (C=O) groups excluding carboxylic acids is 1. The lowest BCUT2D eigenvalue weighted by molar-refractivity contribution is -0.139. The first kappa shape index (κ1) is 38.3. The second-order valence-corrected chi connectivity index (χ2v) is 12.1. The average molecular weight is 707 g/mol. The second-order valence-electron chi connectivity index (χ2n) is 12.1. The van der Waals surface area contributed by atoms with Crippen molar-refractivity contribution < 1.29 is 47.6 Å². The van der Waals surface area contributed by atoms with Gasteiger partial charge in [0.15, 0.2) is 17.4 Å². The van der Waals surface area contributed by atoms with Crippen LogP contribution in [0.1, 0.15) is 55.1 Å². The molecule has 12 heteroatoms. The number of aliphatic hydroxyl groups excluding tert-OH is 2. The summed E-state index contributed by atoms with van der Waals surface area (Å²) in [5.41, 5.74) is 4.77. The third-order valence-corrected chi connectivity index (χ3v) is 7.91. The number of phenols is 1. The molecule has 0 bridgehead atoms. The zero-order valence-corrected chi connectivity index (χ0v) is 27.9. The summed E-state index contributed by atoms with van der Waals surface area (Å²) in [6.45, 7) is 4.25. The quantitative estimate of drug-likeness (QED) is 0.0833. The molecule has 2 atom stereocenters. The molecule has 0 saturated carbocycles. The first-order valence-electron chi connectivity index (χ1n) is 16.1. The zero-order chi connectivity index (χ0) is 37.2. The van der Waals surface area contributed by atoms with E-state index in [0.29, 0.717) is 40.2 Å². The summed E-state index contributed by atoms with van der Waals surface area (Å²) in [5.74, 6) is -6.72. The number of nitrogens with zero attached hydrogens (tertiary/aromatic N) is 1. The monoisotopic (exact) mass is 706 g/mol. The maximum absolute atomic E-state index is 14.0. The number of carboxylic acids is 1. The van der Waals surface area contributed by atoms with Gasteiger partial charge in [0.25, 0.3) is 5.91 Å².